The molecule has 2 rings (SSSR count). The van der Waals surface area contributed by atoms with Crippen LogP contribution >= 0.6 is 0 Å². The number of benzene rings is 1. The van der Waals surface area contributed by atoms with Gasteiger partial charge in [-0.1, -0.05) is 19.1 Å². The minimum absolute atomic E-state index is 0.0857. The number of nitrogens with two attached hydrogens (primary N) is 1. The molecule has 0 saturated carbocycles. The summed E-state index contributed by atoms with van der Waals surface area (Å²) in [6.45, 7) is 3.94. The lowest BCUT2D eigenvalue weighted by atomic mass is 10.1. The standard InChI is InChI=1S/C18H25N3O3/c1-2-13-24-16-6-3-14(4-7-16)5-8-17(22)20-15-9-11-21(12-10-15)18(19)23/h3-8,15H,2,9-13H2,1H3,(H2,19,23)(H,20,22)/b8-5+. The van der Waals surface area contributed by atoms with Crippen molar-refractivity contribution in [1.82, 2.24) is 10.2 Å². The van der Waals surface area contributed by atoms with E-state index < -0.39 is 6.03 Å². The van der Waals surface area contributed by atoms with Gasteiger partial charge in [-0.2, -0.15) is 0 Å². The number of likely N-dealkylation sites (tertiary alicyclic amines) is 1. The lowest BCUT2D eigenvalue weighted by Crippen LogP contribution is -2.47. The number of hydrogen-bond acceptors (Lipinski definition) is 3. The van der Waals surface area contributed by atoms with E-state index in [2.05, 4.69) is 12.2 Å². The highest BCUT2D eigenvalue weighted by Gasteiger charge is 2.21. The number of urea groups is 1. The summed E-state index contributed by atoms with van der Waals surface area (Å²) in [7, 11) is 0. The summed E-state index contributed by atoms with van der Waals surface area (Å²) in [5, 5.41) is 2.96. The maximum absolute atomic E-state index is 12.0. The molecule has 3 N–H and O–H groups in total. The van der Waals surface area contributed by atoms with Gasteiger partial charge in [-0.15, -0.1) is 0 Å². The van der Waals surface area contributed by atoms with Crippen LogP contribution in [0.15, 0.2) is 30.3 Å². The molecule has 0 atom stereocenters. The van der Waals surface area contributed by atoms with Crippen LogP contribution in [-0.4, -0.2) is 42.6 Å². The van der Waals surface area contributed by atoms with Gasteiger partial charge in [0.15, 0.2) is 0 Å². The maximum Gasteiger partial charge on any atom is 0.314 e. The van der Waals surface area contributed by atoms with Crippen LogP contribution < -0.4 is 15.8 Å². The molecule has 1 fully saturated rings. The van der Waals surface area contributed by atoms with Crippen molar-refractivity contribution in [2.75, 3.05) is 19.7 Å². The number of piperidine rings is 1. The molecule has 0 aromatic heterocycles. The number of carbonyl (C=O) groups is 2. The van der Waals surface area contributed by atoms with Gasteiger partial charge < -0.3 is 20.7 Å². The second-order valence-corrected chi connectivity index (χ2v) is 5.86. The Morgan fingerprint density at radius 3 is 2.54 bits per heavy atom. The van der Waals surface area contributed by atoms with E-state index in [0.717, 1.165) is 30.6 Å². The van der Waals surface area contributed by atoms with Crippen LogP contribution in [0.25, 0.3) is 6.08 Å². The van der Waals surface area contributed by atoms with Crippen LogP contribution in [0.4, 0.5) is 4.79 Å². The summed E-state index contributed by atoms with van der Waals surface area (Å²) in [6.07, 6.45) is 5.73. The molecule has 1 saturated heterocycles. The number of hydrogen-bond donors (Lipinski definition) is 2. The number of nitrogens with one attached hydrogen (secondary N) is 1. The Morgan fingerprint density at radius 1 is 1.29 bits per heavy atom. The van der Waals surface area contributed by atoms with E-state index in [0.29, 0.717) is 19.7 Å². The first-order valence-electron chi connectivity index (χ1n) is 8.34. The third-order valence-electron chi connectivity index (χ3n) is 3.93. The normalized spacial score (nSPS) is 15.5. The van der Waals surface area contributed by atoms with Crippen molar-refractivity contribution in [2.24, 2.45) is 5.73 Å². The van der Waals surface area contributed by atoms with E-state index >= 15 is 0 Å². The highest BCUT2D eigenvalue weighted by atomic mass is 16.5. The van der Waals surface area contributed by atoms with Gasteiger partial charge in [0.25, 0.3) is 0 Å². The fraction of sp³-hybridized carbons (Fsp3) is 0.444. The van der Waals surface area contributed by atoms with Gasteiger partial charge in [0.2, 0.25) is 5.91 Å². The van der Waals surface area contributed by atoms with Crippen LogP contribution in [0.2, 0.25) is 0 Å². The predicted molar refractivity (Wildman–Crippen MR) is 93.6 cm³/mol. The third kappa shape index (κ3) is 5.61. The van der Waals surface area contributed by atoms with Crippen molar-refractivity contribution in [3.8, 4) is 5.75 Å². The SMILES string of the molecule is CCCOc1ccc(/C=C/C(=O)NC2CCN(C(N)=O)CC2)cc1. The molecule has 24 heavy (non-hydrogen) atoms. The predicted octanol–water partition coefficient (Wildman–Crippen LogP) is 2.15. The molecule has 6 nitrogen and oxygen atoms in total. The fourth-order valence-electron chi connectivity index (χ4n) is 2.56. The van der Waals surface area contributed by atoms with Crippen molar-refractivity contribution in [3.05, 3.63) is 35.9 Å². The van der Waals surface area contributed by atoms with Gasteiger partial charge in [-0.3, -0.25) is 4.79 Å². The quantitative estimate of drug-likeness (QED) is 0.783. The van der Waals surface area contributed by atoms with E-state index in [1.807, 2.05) is 24.3 Å². The number of rotatable bonds is 6. The molecule has 0 unspecified atom stereocenters. The number of amides is 3. The van der Waals surface area contributed by atoms with Gasteiger partial charge in [0.05, 0.1) is 6.61 Å². The average Bonchev–Trinajstić information content (AvgIpc) is 2.59. The smallest absolute Gasteiger partial charge is 0.314 e. The van der Waals surface area contributed by atoms with Gasteiger partial charge in [0, 0.05) is 25.2 Å². The van der Waals surface area contributed by atoms with Crippen molar-refractivity contribution in [3.63, 3.8) is 0 Å². The van der Waals surface area contributed by atoms with E-state index in [4.69, 9.17) is 10.5 Å². The minimum Gasteiger partial charge on any atom is -0.494 e. The molecule has 3 amide bonds. The zero-order valence-corrected chi connectivity index (χ0v) is 14.0. The Labute approximate surface area is 142 Å². The molecular weight excluding hydrogens is 306 g/mol. The van der Waals surface area contributed by atoms with Gasteiger partial charge in [-0.25, -0.2) is 4.79 Å². The lowest BCUT2D eigenvalue weighted by Gasteiger charge is -2.30. The Morgan fingerprint density at radius 2 is 1.96 bits per heavy atom. The maximum atomic E-state index is 12.0. The summed E-state index contributed by atoms with van der Waals surface area (Å²) in [4.78, 5) is 24.6. The molecule has 1 aliphatic rings. The van der Waals surface area contributed by atoms with Gasteiger partial charge in [-0.05, 0) is 43.0 Å². The highest BCUT2D eigenvalue weighted by molar-refractivity contribution is 5.91. The Balaban J connectivity index is 1.77. The fourth-order valence-corrected chi connectivity index (χ4v) is 2.56. The number of nitrogens with zero attached hydrogens (tertiary/aromatic N) is 1. The zero-order chi connectivity index (χ0) is 17.4. The highest BCUT2D eigenvalue weighted by Crippen LogP contribution is 2.14. The molecule has 130 valence electrons. The van der Waals surface area contributed by atoms with Crippen LogP contribution in [0.5, 0.6) is 5.75 Å². The first kappa shape index (κ1) is 17.8. The second-order valence-electron chi connectivity index (χ2n) is 5.86. The Hall–Kier alpha value is -2.50. The zero-order valence-electron chi connectivity index (χ0n) is 14.0. The van der Waals surface area contributed by atoms with Crippen molar-refractivity contribution < 1.29 is 14.3 Å². The molecule has 1 aromatic carbocycles. The topological polar surface area (TPSA) is 84.7 Å². The second kappa shape index (κ2) is 8.96. The van der Waals surface area contributed by atoms with Crippen molar-refractivity contribution in [2.45, 2.75) is 32.2 Å². The molecule has 0 radical (unpaired) electrons. The largest absolute Gasteiger partial charge is 0.494 e. The van der Waals surface area contributed by atoms with E-state index in [-0.39, 0.29) is 11.9 Å². The number of ether oxygens (including phenoxy) is 1. The van der Waals surface area contributed by atoms with Crippen molar-refractivity contribution in [1.29, 1.82) is 0 Å². The molecule has 1 aliphatic heterocycles. The molecule has 1 heterocycles. The first-order valence-corrected chi connectivity index (χ1v) is 8.34. The molecular formula is C18H25N3O3. The monoisotopic (exact) mass is 331 g/mol. The summed E-state index contributed by atoms with van der Waals surface area (Å²) >= 11 is 0. The Kier molecular flexibility index (Phi) is 6.66. The molecule has 1 aromatic rings. The summed E-state index contributed by atoms with van der Waals surface area (Å²) in [5.41, 5.74) is 6.19. The lowest BCUT2D eigenvalue weighted by molar-refractivity contribution is -0.117. The minimum atomic E-state index is -0.397. The first-order chi connectivity index (χ1) is 11.6. The van der Waals surface area contributed by atoms with Crippen LogP contribution in [-0.2, 0) is 4.79 Å². The Bertz CT molecular complexity index is 576. The molecule has 6 heteroatoms. The van der Waals surface area contributed by atoms with E-state index in [1.165, 1.54) is 6.08 Å². The summed E-state index contributed by atoms with van der Waals surface area (Å²) in [5.74, 6) is 0.707. The van der Waals surface area contributed by atoms with Gasteiger partial charge in [0.1, 0.15) is 5.75 Å². The van der Waals surface area contributed by atoms with E-state index in [9.17, 15) is 9.59 Å². The molecule has 0 aliphatic carbocycles. The molecule has 0 spiro atoms. The number of carbonyl (C=O) groups excluding carboxylic acids is 2. The summed E-state index contributed by atoms with van der Waals surface area (Å²) in [6, 6.07) is 7.31. The van der Waals surface area contributed by atoms with Crippen molar-refractivity contribution >= 4 is 18.0 Å². The van der Waals surface area contributed by atoms with E-state index in [1.54, 1.807) is 11.0 Å². The number of primary amides is 1. The van der Waals surface area contributed by atoms with Crippen LogP contribution in [0.3, 0.4) is 0 Å². The van der Waals surface area contributed by atoms with Crippen LogP contribution in [0, 0.1) is 0 Å². The third-order valence-corrected chi connectivity index (χ3v) is 3.93. The summed E-state index contributed by atoms with van der Waals surface area (Å²) < 4.78 is 5.52. The molecule has 0 bridgehead atoms. The average molecular weight is 331 g/mol. The van der Waals surface area contributed by atoms with Crippen LogP contribution in [0.1, 0.15) is 31.7 Å². The van der Waals surface area contributed by atoms with Gasteiger partial charge >= 0.3 is 6.03 Å².